The molecule has 0 aliphatic carbocycles. The van der Waals surface area contributed by atoms with Gasteiger partial charge in [-0.05, 0) is 49.2 Å². The molecule has 3 N–H and O–H groups in total. The van der Waals surface area contributed by atoms with E-state index in [4.69, 9.17) is 10.5 Å². The molecule has 2 aromatic rings. The van der Waals surface area contributed by atoms with Crippen LogP contribution in [-0.2, 0) is 12.8 Å². The number of likely N-dealkylation sites (N-methyl/N-ethyl adjacent to an activating group) is 1. The van der Waals surface area contributed by atoms with E-state index >= 15 is 0 Å². The number of nitrogen functional groups attached to an aromatic ring is 1. The number of nitrogens with two attached hydrogens (primary N) is 1. The summed E-state index contributed by atoms with van der Waals surface area (Å²) in [6.45, 7) is 0.978. The third-order valence-electron chi connectivity index (χ3n) is 4.47. The molecule has 1 aliphatic rings. The highest BCUT2D eigenvalue weighted by molar-refractivity contribution is 5.53. The zero-order valence-corrected chi connectivity index (χ0v) is 13.0. The van der Waals surface area contributed by atoms with Crippen LogP contribution in [-0.4, -0.2) is 30.7 Å². The molecule has 3 rings (SSSR count). The number of rotatable bonds is 3. The Balaban J connectivity index is 2.01. The molecule has 22 heavy (non-hydrogen) atoms. The Morgan fingerprint density at radius 1 is 1.32 bits per heavy atom. The maximum Gasteiger partial charge on any atom is 0.162 e. The Hall–Kier alpha value is -2.20. The summed E-state index contributed by atoms with van der Waals surface area (Å²) in [6, 6.07) is 12.0. The fourth-order valence-corrected chi connectivity index (χ4v) is 3.26. The van der Waals surface area contributed by atoms with Crippen molar-refractivity contribution in [2.75, 3.05) is 26.4 Å². The van der Waals surface area contributed by atoms with Crippen molar-refractivity contribution in [2.45, 2.75) is 18.9 Å². The summed E-state index contributed by atoms with van der Waals surface area (Å²) >= 11 is 0. The lowest BCUT2D eigenvalue weighted by Gasteiger charge is -2.35. The normalized spacial score (nSPS) is 18.0. The number of hydrogen-bond donors (Lipinski definition) is 2. The molecule has 0 radical (unpaired) electrons. The van der Waals surface area contributed by atoms with Crippen LogP contribution in [0.3, 0.4) is 0 Å². The van der Waals surface area contributed by atoms with Gasteiger partial charge in [0, 0.05) is 23.8 Å². The van der Waals surface area contributed by atoms with Crippen LogP contribution in [0.2, 0.25) is 0 Å². The Bertz CT molecular complexity index is 685. The third kappa shape index (κ3) is 2.62. The molecule has 1 heterocycles. The number of hydrogen-bond acceptors (Lipinski definition) is 4. The first-order valence-electron chi connectivity index (χ1n) is 7.53. The fraction of sp³-hybridized carbons (Fsp3) is 0.333. The maximum absolute atomic E-state index is 10.6. The summed E-state index contributed by atoms with van der Waals surface area (Å²) in [7, 11) is 3.68. The average Bonchev–Trinajstić information content (AvgIpc) is 2.50. The van der Waals surface area contributed by atoms with Gasteiger partial charge in [0.1, 0.15) is 0 Å². The molecule has 0 fully saturated rings. The Morgan fingerprint density at radius 2 is 2.14 bits per heavy atom. The minimum Gasteiger partial charge on any atom is -0.504 e. The van der Waals surface area contributed by atoms with Crippen LogP contribution in [0.25, 0.3) is 0 Å². The highest BCUT2D eigenvalue weighted by Crippen LogP contribution is 2.42. The largest absolute Gasteiger partial charge is 0.504 e. The summed E-state index contributed by atoms with van der Waals surface area (Å²) in [4.78, 5) is 2.28. The second-order valence-electron chi connectivity index (χ2n) is 5.88. The van der Waals surface area contributed by atoms with Crippen LogP contribution >= 0.6 is 0 Å². The lowest BCUT2D eigenvalue weighted by Crippen LogP contribution is -2.33. The number of anilines is 1. The molecule has 0 saturated heterocycles. The molecule has 4 heteroatoms. The van der Waals surface area contributed by atoms with Crippen LogP contribution in [0.5, 0.6) is 11.5 Å². The molecule has 0 spiro atoms. The molecular weight excluding hydrogens is 276 g/mol. The van der Waals surface area contributed by atoms with E-state index in [-0.39, 0.29) is 11.8 Å². The van der Waals surface area contributed by atoms with E-state index in [2.05, 4.69) is 24.1 Å². The van der Waals surface area contributed by atoms with Crippen molar-refractivity contribution >= 4 is 5.69 Å². The standard InChI is InChI=1S/C18H22N2O2/c1-20-9-8-13-6-7-16(22-2)18(21)17(13)15(20)11-12-4-3-5-14(19)10-12/h3-7,10,15,21H,8-9,11,19H2,1-2H3. The maximum atomic E-state index is 10.6. The van der Waals surface area contributed by atoms with Crippen molar-refractivity contribution in [1.82, 2.24) is 4.90 Å². The van der Waals surface area contributed by atoms with Crippen molar-refractivity contribution in [1.29, 1.82) is 0 Å². The number of ether oxygens (including phenoxy) is 1. The van der Waals surface area contributed by atoms with Gasteiger partial charge in [-0.3, -0.25) is 4.90 Å². The second kappa shape index (κ2) is 5.89. The monoisotopic (exact) mass is 298 g/mol. The van der Waals surface area contributed by atoms with Gasteiger partial charge in [-0.2, -0.15) is 0 Å². The highest BCUT2D eigenvalue weighted by atomic mass is 16.5. The number of aromatic hydroxyl groups is 1. The minimum absolute atomic E-state index is 0.126. The lowest BCUT2D eigenvalue weighted by atomic mass is 9.88. The molecule has 4 nitrogen and oxygen atoms in total. The molecule has 0 saturated carbocycles. The predicted octanol–water partition coefficient (Wildman–Crippen LogP) is 2.75. The highest BCUT2D eigenvalue weighted by Gasteiger charge is 2.29. The van der Waals surface area contributed by atoms with Crippen molar-refractivity contribution in [3.8, 4) is 11.5 Å². The number of methoxy groups -OCH3 is 1. The van der Waals surface area contributed by atoms with Crippen LogP contribution in [0.15, 0.2) is 36.4 Å². The summed E-state index contributed by atoms with van der Waals surface area (Å²) in [5, 5.41) is 10.6. The van der Waals surface area contributed by atoms with Gasteiger partial charge in [-0.15, -0.1) is 0 Å². The second-order valence-corrected chi connectivity index (χ2v) is 5.88. The predicted molar refractivity (Wildman–Crippen MR) is 88.3 cm³/mol. The van der Waals surface area contributed by atoms with Crippen molar-refractivity contribution in [3.63, 3.8) is 0 Å². The molecule has 0 aromatic heterocycles. The number of phenolic OH excluding ortho intramolecular Hbond substituents is 1. The van der Waals surface area contributed by atoms with Crippen molar-refractivity contribution < 1.29 is 9.84 Å². The van der Waals surface area contributed by atoms with E-state index in [1.165, 1.54) is 11.1 Å². The number of phenols is 1. The number of fused-ring (bicyclic) bond motifs is 1. The SMILES string of the molecule is COc1ccc2c(c1O)C(Cc1cccc(N)c1)N(C)CC2. The Labute approximate surface area is 131 Å². The van der Waals surface area contributed by atoms with Gasteiger partial charge < -0.3 is 15.6 Å². The smallest absolute Gasteiger partial charge is 0.162 e. The van der Waals surface area contributed by atoms with Gasteiger partial charge in [0.2, 0.25) is 0 Å². The van der Waals surface area contributed by atoms with Crippen molar-refractivity contribution in [3.05, 3.63) is 53.1 Å². The van der Waals surface area contributed by atoms with Crippen LogP contribution < -0.4 is 10.5 Å². The molecule has 1 aliphatic heterocycles. The molecule has 0 amide bonds. The summed E-state index contributed by atoms with van der Waals surface area (Å²) in [6.07, 6.45) is 1.76. The Morgan fingerprint density at radius 3 is 2.86 bits per heavy atom. The third-order valence-corrected chi connectivity index (χ3v) is 4.47. The fourth-order valence-electron chi connectivity index (χ4n) is 3.26. The van der Waals surface area contributed by atoms with E-state index in [0.29, 0.717) is 5.75 Å². The van der Waals surface area contributed by atoms with E-state index in [9.17, 15) is 5.11 Å². The average molecular weight is 298 g/mol. The topological polar surface area (TPSA) is 58.7 Å². The zero-order chi connectivity index (χ0) is 15.7. The van der Waals surface area contributed by atoms with Crippen LogP contribution in [0, 0.1) is 0 Å². The van der Waals surface area contributed by atoms with E-state index in [0.717, 1.165) is 30.6 Å². The van der Waals surface area contributed by atoms with Crippen LogP contribution in [0.4, 0.5) is 5.69 Å². The summed E-state index contributed by atoms with van der Waals surface area (Å²) in [5.41, 5.74) is 10.0. The first-order valence-corrected chi connectivity index (χ1v) is 7.53. The van der Waals surface area contributed by atoms with Gasteiger partial charge in [0.25, 0.3) is 0 Å². The van der Waals surface area contributed by atoms with Gasteiger partial charge in [-0.1, -0.05) is 18.2 Å². The molecule has 1 atom stereocenters. The number of nitrogens with zero attached hydrogens (tertiary/aromatic N) is 1. The quantitative estimate of drug-likeness (QED) is 0.856. The van der Waals surface area contributed by atoms with E-state index in [1.807, 2.05) is 24.3 Å². The van der Waals surface area contributed by atoms with Gasteiger partial charge in [0.05, 0.1) is 7.11 Å². The lowest BCUT2D eigenvalue weighted by molar-refractivity contribution is 0.222. The van der Waals surface area contributed by atoms with Gasteiger partial charge in [-0.25, -0.2) is 0 Å². The number of benzene rings is 2. The zero-order valence-electron chi connectivity index (χ0n) is 13.0. The van der Waals surface area contributed by atoms with Crippen LogP contribution in [0.1, 0.15) is 22.7 Å². The van der Waals surface area contributed by atoms with Gasteiger partial charge >= 0.3 is 0 Å². The first kappa shape index (κ1) is 14.7. The van der Waals surface area contributed by atoms with Crippen molar-refractivity contribution in [2.24, 2.45) is 0 Å². The molecule has 0 bridgehead atoms. The minimum atomic E-state index is 0.126. The van der Waals surface area contributed by atoms with Gasteiger partial charge in [0.15, 0.2) is 11.5 Å². The molecular formula is C18H22N2O2. The molecule has 2 aromatic carbocycles. The first-order chi connectivity index (χ1) is 10.6. The Kier molecular flexibility index (Phi) is 3.94. The summed E-state index contributed by atoms with van der Waals surface area (Å²) < 4.78 is 5.28. The summed E-state index contributed by atoms with van der Waals surface area (Å²) in [5.74, 6) is 0.798. The van der Waals surface area contributed by atoms with E-state index in [1.54, 1.807) is 7.11 Å². The molecule has 1 unspecified atom stereocenters. The molecule has 116 valence electrons. The van der Waals surface area contributed by atoms with E-state index < -0.39 is 0 Å².